The molecule has 2 aromatic rings. The molecule has 0 spiro atoms. The highest BCUT2D eigenvalue weighted by atomic mass is 32.1. The highest BCUT2D eigenvalue weighted by Gasteiger charge is 2.31. The number of ketones is 1. The van der Waals surface area contributed by atoms with E-state index in [1.165, 1.54) is 36.7 Å². The zero-order valence-corrected chi connectivity index (χ0v) is 18.9. The molecule has 176 valence electrons. The van der Waals surface area contributed by atoms with Crippen LogP contribution in [0.15, 0.2) is 48.6 Å². The number of carbonyl (C=O) groups excluding carboxylic acids is 3. The fourth-order valence-electron chi connectivity index (χ4n) is 3.73. The third kappa shape index (κ3) is 6.77. The van der Waals surface area contributed by atoms with Crippen molar-refractivity contribution in [2.75, 3.05) is 13.7 Å². The van der Waals surface area contributed by atoms with Crippen LogP contribution < -0.4 is 0 Å². The van der Waals surface area contributed by atoms with Gasteiger partial charge in [-0.15, -0.1) is 11.3 Å². The summed E-state index contributed by atoms with van der Waals surface area (Å²) in [5.74, 6) is -0.681. The number of ether oxygens (including phenoxy) is 1. The maximum Gasteiger partial charge on any atom is 0.416 e. The Morgan fingerprint density at radius 3 is 2.76 bits per heavy atom. The number of halogens is 3. The first-order valence-electron chi connectivity index (χ1n) is 10.5. The van der Waals surface area contributed by atoms with Crippen LogP contribution in [0.3, 0.4) is 0 Å². The second kappa shape index (κ2) is 10.8. The summed E-state index contributed by atoms with van der Waals surface area (Å²) in [7, 11) is 1.33. The maximum atomic E-state index is 12.8. The molecule has 1 aromatic carbocycles. The van der Waals surface area contributed by atoms with Crippen LogP contribution in [0.2, 0.25) is 0 Å². The molecule has 2 heterocycles. The van der Waals surface area contributed by atoms with E-state index in [-0.39, 0.29) is 30.1 Å². The van der Waals surface area contributed by atoms with Crippen LogP contribution in [0, 0.1) is 0 Å². The van der Waals surface area contributed by atoms with Crippen molar-refractivity contribution in [2.24, 2.45) is 0 Å². The summed E-state index contributed by atoms with van der Waals surface area (Å²) in [5, 5.41) is 0. The summed E-state index contributed by atoms with van der Waals surface area (Å²) in [5.41, 5.74) is -0.491. The second-order valence-corrected chi connectivity index (χ2v) is 8.92. The molecule has 33 heavy (non-hydrogen) atoms. The smallest absolute Gasteiger partial charge is 0.416 e. The van der Waals surface area contributed by atoms with E-state index in [2.05, 4.69) is 0 Å². The van der Waals surface area contributed by atoms with E-state index in [0.717, 1.165) is 17.0 Å². The first-order chi connectivity index (χ1) is 15.7. The van der Waals surface area contributed by atoms with Crippen LogP contribution in [-0.2, 0) is 33.3 Å². The number of carbonyl (C=O) groups is 3. The molecule has 1 saturated heterocycles. The zero-order chi connectivity index (χ0) is 24.0. The van der Waals surface area contributed by atoms with Crippen LogP contribution in [0.1, 0.15) is 44.9 Å². The Hall–Kier alpha value is -2.94. The number of aryl methyl sites for hydroxylation is 1. The number of hydrogen-bond donors (Lipinski definition) is 0. The fourth-order valence-corrected chi connectivity index (χ4v) is 4.70. The van der Waals surface area contributed by atoms with Gasteiger partial charge in [0.1, 0.15) is 4.88 Å². The van der Waals surface area contributed by atoms with Gasteiger partial charge in [-0.3, -0.25) is 9.59 Å². The number of benzene rings is 1. The van der Waals surface area contributed by atoms with E-state index in [1.807, 2.05) is 6.07 Å². The number of allylic oxidation sites excluding steroid dienone is 1. The predicted molar refractivity (Wildman–Crippen MR) is 118 cm³/mol. The molecule has 0 aliphatic carbocycles. The molecular weight excluding hydrogens is 455 g/mol. The van der Waals surface area contributed by atoms with Crippen molar-refractivity contribution in [3.8, 4) is 0 Å². The number of alkyl halides is 3. The van der Waals surface area contributed by atoms with Crippen molar-refractivity contribution in [3.05, 3.63) is 69.4 Å². The first-order valence-corrected chi connectivity index (χ1v) is 11.3. The summed E-state index contributed by atoms with van der Waals surface area (Å²) < 4.78 is 43.2. The molecule has 1 fully saturated rings. The molecule has 5 nitrogen and oxygen atoms in total. The average molecular weight is 480 g/mol. The van der Waals surface area contributed by atoms with Crippen molar-refractivity contribution in [3.63, 3.8) is 0 Å². The Kier molecular flexibility index (Phi) is 8.07. The summed E-state index contributed by atoms with van der Waals surface area (Å²) >= 11 is 1.36. The number of hydrogen-bond acceptors (Lipinski definition) is 5. The minimum absolute atomic E-state index is 0.0106. The van der Waals surface area contributed by atoms with Gasteiger partial charge in [0.15, 0.2) is 5.78 Å². The zero-order valence-electron chi connectivity index (χ0n) is 18.1. The van der Waals surface area contributed by atoms with Crippen molar-refractivity contribution in [2.45, 2.75) is 44.3 Å². The highest BCUT2D eigenvalue weighted by Crippen LogP contribution is 2.29. The van der Waals surface area contributed by atoms with Crippen molar-refractivity contribution in [1.29, 1.82) is 0 Å². The Balaban J connectivity index is 1.53. The Labute approximate surface area is 193 Å². The molecule has 0 saturated carbocycles. The van der Waals surface area contributed by atoms with Gasteiger partial charge in [-0.2, -0.15) is 13.2 Å². The number of likely N-dealkylation sites (tertiary alicyclic amines) is 1. The average Bonchev–Trinajstić information content (AvgIpc) is 3.38. The van der Waals surface area contributed by atoms with Crippen molar-refractivity contribution >= 4 is 29.0 Å². The molecule has 1 aliphatic heterocycles. The summed E-state index contributed by atoms with van der Waals surface area (Å²) in [4.78, 5) is 39.4. The van der Waals surface area contributed by atoms with Gasteiger partial charge in [-0.05, 0) is 49.1 Å². The van der Waals surface area contributed by atoms with Gasteiger partial charge in [0.25, 0.3) is 0 Å². The van der Waals surface area contributed by atoms with Crippen LogP contribution in [0.25, 0.3) is 0 Å². The molecule has 0 N–H and O–H groups in total. The quantitative estimate of drug-likeness (QED) is 0.381. The van der Waals surface area contributed by atoms with Crippen molar-refractivity contribution < 1.29 is 32.3 Å². The lowest BCUT2D eigenvalue weighted by atomic mass is 10.0. The molecule has 1 amide bonds. The third-order valence-electron chi connectivity index (χ3n) is 5.38. The highest BCUT2D eigenvalue weighted by molar-refractivity contribution is 7.13. The molecule has 3 rings (SSSR count). The molecule has 1 atom stereocenters. The third-order valence-corrected chi connectivity index (χ3v) is 6.51. The van der Waals surface area contributed by atoms with Gasteiger partial charge in [-0.25, -0.2) is 4.79 Å². The topological polar surface area (TPSA) is 63.7 Å². The lowest BCUT2D eigenvalue weighted by Gasteiger charge is -2.22. The van der Waals surface area contributed by atoms with Gasteiger partial charge in [0.05, 0.1) is 18.7 Å². The number of methoxy groups -OCH3 is 1. The van der Waals surface area contributed by atoms with Gasteiger partial charge >= 0.3 is 12.1 Å². The lowest BCUT2D eigenvalue weighted by Crippen LogP contribution is -2.33. The van der Waals surface area contributed by atoms with Gasteiger partial charge in [0, 0.05) is 24.3 Å². The Morgan fingerprint density at radius 2 is 2.03 bits per heavy atom. The van der Waals surface area contributed by atoms with E-state index in [9.17, 15) is 27.6 Å². The molecule has 1 aliphatic rings. The molecule has 0 radical (unpaired) electrons. The number of esters is 1. The van der Waals surface area contributed by atoms with Gasteiger partial charge in [-0.1, -0.05) is 24.3 Å². The van der Waals surface area contributed by atoms with Crippen LogP contribution in [-0.4, -0.2) is 42.3 Å². The van der Waals surface area contributed by atoms with E-state index >= 15 is 0 Å². The SMILES string of the molecule is COC(=O)c1ccc(CCCN2C(=O)CC[C@@H]2C=CC(=O)Cc2cccc(C(F)(F)F)c2)s1. The monoisotopic (exact) mass is 479 g/mol. The number of nitrogens with zero attached hydrogens (tertiary/aromatic N) is 1. The number of thiophene rings is 1. The Bertz CT molecular complexity index is 1040. The first kappa shape index (κ1) is 24.7. The van der Waals surface area contributed by atoms with Crippen LogP contribution in [0.5, 0.6) is 0 Å². The van der Waals surface area contributed by atoms with Gasteiger partial charge < -0.3 is 9.64 Å². The standard InChI is InChI=1S/C24H24F3NO4S/c1-32-23(31)21-11-10-20(33-21)6-3-13-28-18(8-12-22(28)30)7-9-19(29)15-16-4-2-5-17(14-16)24(25,26)27/h2,4-5,7,9-11,14,18H,3,6,8,12-13,15H2,1H3/t18-/m0/s1. The molecule has 0 bridgehead atoms. The van der Waals surface area contributed by atoms with Crippen LogP contribution >= 0.6 is 11.3 Å². The Morgan fingerprint density at radius 1 is 1.24 bits per heavy atom. The van der Waals surface area contributed by atoms with Gasteiger partial charge in [0.2, 0.25) is 5.91 Å². The molecule has 0 unspecified atom stereocenters. The minimum atomic E-state index is -4.45. The largest absolute Gasteiger partial charge is 0.465 e. The summed E-state index contributed by atoms with van der Waals surface area (Å²) in [6.07, 6.45) is 0.830. The summed E-state index contributed by atoms with van der Waals surface area (Å²) in [6.45, 7) is 0.515. The predicted octanol–water partition coefficient (Wildman–Crippen LogP) is 4.85. The summed E-state index contributed by atoms with van der Waals surface area (Å²) in [6, 6.07) is 8.10. The van der Waals surface area contributed by atoms with Crippen LogP contribution in [0.4, 0.5) is 13.2 Å². The fraction of sp³-hybridized carbons (Fsp3) is 0.375. The van der Waals surface area contributed by atoms with Crippen molar-refractivity contribution in [1.82, 2.24) is 4.90 Å². The minimum Gasteiger partial charge on any atom is -0.465 e. The van der Waals surface area contributed by atoms with E-state index in [1.54, 1.807) is 17.0 Å². The van der Waals surface area contributed by atoms with E-state index < -0.39 is 11.7 Å². The number of amides is 1. The normalized spacial score (nSPS) is 16.5. The van der Waals surface area contributed by atoms with E-state index in [4.69, 9.17) is 4.74 Å². The molecule has 9 heteroatoms. The maximum absolute atomic E-state index is 12.8. The lowest BCUT2D eigenvalue weighted by molar-refractivity contribution is -0.137. The molecular formula is C24H24F3NO4S. The number of rotatable bonds is 9. The van der Waals surface area contributed by atoms with E-state index in [0.29, 0.717) is 42.7 Å². The second-order valence-electron chi connectivity index (χ2n) is 7.75. The molecule has 1 aromatic heterocycles.